The van der Waals surface area contributed by atoms with Gasteiger partial charge in [-0.25, -0.2) is 19.4 Å². The predicted molar refractivity (Wildman–Crippen MR) is 142 cm³/mol. The Morgan fingerprint density at radius 1 is 1.00 bits per heavy atom. The quantitative estimate of drug-likeness (QED) is 0.276. The monoisotopic (exact) mass is 497 g/mol. The lowest BCUT2D eigenvalue weighted by molar-refractivity contribution is 0.101. The van der Waals surface area contributed by atoms with Crippen molar-refractivity contribution in [2.75, 3.05) is 31.1 Å². The molecule has 0 amide bonds. The van der Waals surface area contributed by atoms with Crippen molar-refractivity contribution < 1.29 is 9.50 Å². The predicted octanol–water partition coefficient (Wildman–Crippen LogP) is 4.04. The number of halogens is 1. The average Bonchev–Trinajstić information content (AvgIpc) is 3.43. The standard InChI is InChI=1S/C28H28FN7O/c1-28(37,22-7-9-24(29)10-8-22)23-17-32-27(33-18-23)36-13-11-35(12-14-36)26(34-19-30)25-15-21(16-31-25)20-5-3-2-4-6-20/h2-10,15-19,30-31,37H,11-14H2,1H3/b30-19?,34-26+/t28-/m0/s1. The summed E-state index contributed by atoms with van der Waals surface area (Å²) in [4.78, 5) is 20.9. The van der Waals surface area contributed by atoms with Crippen molar-refractivity contribution >= 4 is 18.1 Å². The number of piperazine rings is 1. The second-order valence-corrected chi connectivity index (χ2v) is 9.07. The van der Waals surface area contributed by atoms with Crippen molar-refractivity contribution in [2.24, 2.45) is 4.99 Å². The van der Waals surface area contributed by atoms with E-state index in [9.17, 15) is 9.50 Å². The van der Waals surface area contributed by atoms with Crippen LogP contribution in [0, 0.1) is 11.2 Å². The molecule has 0 unspecified atom stereocenters. The van der Waals surface area contributed by atoms with Gasteiger partial charge in [0, 0.05) is 50.3 Å². The molecule has 1 atom stereocenters. The number of H-pyrrole nitrogens is 1. The Kier molecular flexibility index (Phi) is 6.78. The molecule has 37 heavy (non-hydrogen) atoms. The minimum Gasteiger partial charge on any atom is -0.381 e. The molecule has 4 aromatic rings. The number of anilines is 1. The first-order valence-electron chi connectivity index (χ1n) is 12.1. The highest BCUT2D eigenvalue weighted by Crippen LogP contribution is 2.29. The minimum absolute atomic E-state index is 0.355. The van der Waals surface area contributed by atoms with Gasteiger partial charge in [-0.15, -0.1) is 0 Å². The topological polar surface area (TPSA) is 104 Å². The molecule has 5 rings (SSSR count). The maximum absolute atomic E-state index is 13.3. The molecule has 3 N–H and O–H groups in total. The van der Waals surface area contributed by atoms with E-state index in [0.717, 1.165) is 29.0 Å². The molecular formula is C28H28FN7O. The second kappa shape index (κ2) is 10.3. The first-order chi connectivity index (χ1) is 18.0. The van der Waals surface area contributed by atoms with Crippen LogP contribution in [0.3, 0.4) is 0 Å². The first kappa shape index (κ1) is 24.3. The van der Waals surface area contributed by atoms with Crippen molar-refractivity contribution in [3.8, 4) is 11.1 Å². The molecule has 2 aromatic carbocycles. The second-order valence-electron chi connectivity index (χ2n) is 9.07. The van der Waals surface area contributed by atoms with E-state index >= 15 is 0 Å². The summed E-state index contributed by atoms with van der Waals surface area (Å²) >= 11 is 0. The van der Waals surface area contributed by atoms with Crippen LogP contribution >= 0.6 is 0 Å². The van der Waals surface area contributed by atoms with Crippen LogP contribution < -0.4 is 4.90 Å². The summed E-state index contributed by atoms with van der Waals surface area (Å²) in [5.74, 6) is 0.950. The van der Waals surface area contributed by atoms with Crippen LogP contribution in [0.2, 0.25) is 0 Å². The molecule has 3 heterocycles. The maximum Gasteiger partial charge on any atom is 0.225 e. The molecule has 1 saturated heterocycles. The molecule has 0 bridgehead atoms. The average molecular weight is 498 g/mol. The van der Waals surface area contributed by atoms with Crippen LogP contribution in [0.4, 0.5) is 10.3 Å². The van der Waals surface area contributed by atoms with E-state index in [-0.39, 0.29) is 5.82 Å². The maximum atomic E-state index is 13.3. The fourth-order valence-electron chi connectivity index (χ4n) is 4.50. The van der Waals surface area contributed by atoms with Crippen molar-refractivity contribution in [1.29, 1.82) is 5.41 Å². The Labute approximate surface area is 214 Å². The summed E-state index contributed by atoms with van der Waals surface area (Å²) < 4.78 is 13.3. The fraction of sp³-hybridized carbons (Fsp3) is 0.214. The van der Waals surface area contributed by atoms with Gasteiger partial charge in [-0.05, 0) is 41.8 Å². The summed E-state index contributed by atoms with van der Waals surface area (Å²) in [6.45, 7) is 4.37. The molecule has 0 spiro atoms. The SMILES string of the molecule is C[C@](O)(c1ccc(F)cc1)c1cnc(N2CCN(/C(=N/C=N)c3cc(-c4ccccc4)c[nH]3)CC2)nc1. The Bertz CT molecular complexity index is 1370. The van der Waals surface area contributed by atoms with Gasteiger partial charge in [0.25, 0.3) is 0 Å². The molecule has 0 saturated carbocycles. The summed E-state index contributed by atoms with van der Waals surface area (Å²) in [6, 6.07) is 17.9. The summed E-state index contributed by atoms with van der Waals surface area (Å²) in [6.07, 6.45) is 6.25. The summed E-state index contributed by atoms with van der Waals surface area (Å²) in [5, 5.41) is 18.6. The van der Waals surface area contributed by atoms with Gasteiger partial charge in [-0.1, -0.05) is 42.5 Å². The third-order valence-electron chi connectivity index (χ3n) is 6.69. The summed E-state index contributed by atoms with van der Waals surface area (Å²) in [5.41, 5.74) is 2.80. The number of hydrogen-bond donors (Lipinski definition) is 3. The van der Waals surface area contributed by atoms with E-state index in [4.69, 9.17) is 5.41 Å². The van der Waals surface area contributed by atoms with Crippen molar-refractivity contribution in [3.05, 3.63) is 102 Å². The Morgan fingerprint density at radius 3 is 2.32 bits per heavy atom. The molecule has 1 fully saturated rings. The van der Waals surface area contributed by atoms with E-state index in [1.807, 2.05) is 24.4 Å². The van der Waals surface area contributed by atoms with Crippen LogP contribution in [0.5, 0.6) is 0 Å². The zero-order chi connectivity index (χ0) is 25.8. The number of aromatic amines is 1. The third-order valence-corrected chi connectivity index (χ3v) is 6.69. The van der Waals surface area contributed by atoms with Gasteiger partial charge in [0.2, 0.25) is 5.95 Å². The highest BCUT2D eigenvalue weighted by molar-refractivity contribution is 6.01. The zero-order valence-corrected chi connectivity index (χ0v) is 20.5. The van der Waals surface area contributed by atoms with E-state index in [0.29, 0.717) is 43.3 Å². The lowest BCUT2D eigenvalue weighted by Crippen LogP contribution is -2.49. The van der Waals surface area contributed by atoms with Crippen molar-refractivity contribution in [1.82, 2.24) is 19.9 Å². The van der Waals surface area contributed by atoms with Gasteiger partial charge in [0.05, 0.1) is 5.69 Å². The molecule has 1 aliphatic rings. The van der Waals surface area contributed by atoms with Crippen molar-refractivity contribution in [2.45, 2.75) is 12.5 Å². The van der Waals surface area contributed by atoms with E-state index in [1.54, 1.807) is 31.5 Å². The number of aromatic nitrogens is 3. The number of amidine groups is 1. The van der Waals surface area contributed by atoms with Gasteiger partial charge in [-0.2, -0.15) is 0 Å². The number of aliphatic imine (C=N–C) groups is 1. The van der Waals surface area contributed by atoms with Crippen LogP contribution in [0.1, 0.15) is 23.7 Å². The molecule has 0 aliphatic carbocycles. The lowest BCUT2D eigenvalue weighted by Gasteiger charge is -2.36. The molecule has 1 aliphatic heterocycles. The van der Waals surface area contributed by atoms with E-state index in [1.165, 1.54) is 12.1 Å². The molecule has 8 nitrogen and oxygen atoms in total. The highest BCUT2D eigenvalue weighted by Gasteiger charge is 2.28. The van der Waals surface area contributed by atoms with Gasteiger partial charge in [0.15, 0.2) is 5.84 Å². The molecule has 188 valence electrons. The van der Waals surface area contributed by atoms with E-state index in [2.05, 4.69) is 47.9 Å². The van der Waals surface area contributed by atoms with Gasteiger partial charge in [-0.3, -0.25) is 5.41 Å². The highest BCUT2D eigenvalue weighted by atomic mass is 19.1. The van der Waals surface area contributed by atoms with Gasteiger partial charge >= 0.3 is 0 Å². The Hall–Kier alpha value is -4.37. The normalized spacial score (nSPS) is 15.9. The lowest BCUT2D eigenvalue weighted by atomic mass is 9.90. The fourth-order valence-corrected chi connectivity index (χ4v) is 4.50. The molecular weight excluding hydrogens is 469 g/mol. The zero-order valence-electron chi connectivity index (χ0n) is 20.5. The molecule has 9 heteroatoms. The summed E-state index contributed by atoms with van der Waals surface area (Å²) in [7, 11) is 0. The van der Waals surface area contributed by atoms with E-state index < -0.39 is 5.60 Å². The Morgan fingerprint density at radius 2 is 1.68 bits per heavy atom. The largest absolute Gasteiger partial charge is 0.381 e. The first-order valence-corrected chi connectivity index (χ1v) is 12.1. The van der Waals surface area contributed by atoms with Crippen LogP contribution in [-0.2, 0) is 5.60 Å². The number of aliphatic hydroxyl groups is 1. The Balaban J connectivity index is 1.26. The number of benzene rings is 2. The minimum atomic E-state index is -1.34. The number of nitrogens with zero attached hydrogens (tertiary/aromatic N) is 5. The van der Waals surface area contributed by atoms with Gasteiger partial charge in [0.1, 0.15) is 17.8 Å². The molecule has 0 radical (unpaired) electrons. The van der Waals surface area contributed by atoms with Gasteiger partial charge < -0.3 is 19.9 Å². The van der Waals surface area contributed by atoms with Crippen molar-refractivity contribution in [3.63, 3.8) is 0 Å². The number of rotatable bonds is 6. The van der Waals surface area contributed by atoms with Crippen LogP contribution in [-0.4, -0.2) is 63.3 Å². The van der Waals surface area contributed by atoms with Crippen LogP contribution in [0.25, 0.3) is 11.1 Å². The smallest absolute Gasteiger partial charge is 0.225 e. The van der Waals surface area contributed by atoms with Crippen LogP contribution in [0.15, 0.2) is 84.2 Å². The number of nitrogens with one attached hydrogen (secondary N) is 2. The molecule has 2 aromatic heterocycles. The third kappa shape index (κ3) is 5.12. The number of hydrogen-bond acceptors (Lipinski definition) is 5.